The zero-order chi connectivity index (χ0) is 8.65. The zero-order valence-electron chi connectivity index (χ0n) is 6.14. The van der Waals surface area contributed by atoms with Gasteiger partial charge in [-0.3, -0.25) is 0 Å². The van der Waals surface area contributed by atoms with Crippen molar-refractivity contribution in [2.75, 3.05) is 6.61 Å². The van der Waals surface area contributed by atoms with Gasteiger partial charge >= 0.3 is 0 Å². The summed E-state index contributed by atoms with van der Waals surface area (Å²) in [6, 6.07) is 0. The molecule has 0 amide bonds. The van der Waals surface area contributed by atoms with Crippen LogP contribution in [0.1, 0.15) is 1.37 Å². The maximum absolute atomic E-state index is 8.92. The van der Waals surface area contributed by atoms with E-state index in [2.05, 4.69) is 4.74 Å². The van der Waals surface area contributed by atoms with E-state index in [1.165, 1.54) is 0 Å². The fraction of sp³-hybridized carbons (Fsp3) is 1.00. The van der Waals surface area contributed by atoms with Crippen molar-refractivity contribution in [3.8, 4) is 0 Å². The van der Waals surface area contributed by atoms with Crippen LogP contribution in [0.4, 0.5) is 0 Å². The van der Waals surface area contributed by atoms with Crippen molar-refractivity contribution in [3.05, 3.63) is 0 Å². The fourth-order valence-corrected chi connectivity index (χ4v) is 0.711. The average Bonchev–Trinajstić information content (AvgIpc) is 1.95. The summed E-state index contributed by atoms with van der Waals surface area (Å²) in [6.45, 7) is -0.363. The summed E-state index contributed by atoms with van der Waals surface area (Å²) in [6.07, 6.45) is -7.10. The number of rotatable bonds is 0. The molecule has 1 heterocycles. The van der Waals surface area contributed by atoms with Gasteiger partial charge in [0, 0.05) is 0 Å². The topological polar surface area (TPSA) is 90.2 Å². The molecule has 5 heteroatoms. The van der Waals surface area contributed by atoms with Crippen LogP contribution in [0.2, 0.25) is 0 Å². The predicted molar refractivity (Wildman–Crippen MR) is 30.0 cm³/mol. The van der Waals surface area contributed by atoms with E-state index in [4.69, 9.17) is 21.8 Å². The first-order valence-corrected chi connectivity index (χ1v) is 2.85. The minimum atomic E-state index is -2.52. The molecule has 1 fully saturated rings. The maximum atomic E-state index is 8.92. The molecule has 1 aliphatic rings. The third-order valence-electron chi connectivity index (χ3n) is 1.37. The van der Waals surface area contributed by atoms with Crippen molar-refractivity contribution in [2.45, 2.75) is 24.6 Å². The molecule has 1 aliphatic heterocycles. The lowest BCUT2D eigenvalue weighted by molar-refractivity contribution is -0.252. The quantitative estimate of drug-likeness (QED) is 0.305. The number of hydrogen-bond donors (Lipinski definition) is 4. The maximum Gasteiger partial charge on any atom is 0.183 e. The highest BCUT2D eigenvalue weighted by Gasteiger charge is 2.36. The molecule has 0 spiro atoms. The molecule has 0 saturated carbocycles. The minimum Gasteiger partial charge on any atom is -0.388 e. The molecule has 1 saturated heterocycles. The first kappa shape index (κ1) is 6.51. The van der Waals surface area contributed by atoms with E-state index >= 15 is 0 Å². The Kier molecular flexibility index (Phi) is 1.83. The van der Waals surface area contributed by atoms with E-state index < -0.39 is 24.6 Å². The van der Waals surface area contributed by atoms with Gasteiger partial charge in [-0.15, -0.1) is 0 Å². The lowest BCUT2D eigenvalue weighted by Gasteiger charge is -2.31. The van der Waals surface area contributed by atoms with Gasteiger partial charge in [-0.2, -0.15) is 0 Å². The first-order chi connectivity index (χ1) is 4.95. The van der Waals surface area contributed by atoms with Crippen LogP contribution in [0.25, 0.3) is 0 Å². The zero-order valence-corrected chi connectivity index (χ0v) is 5.14. The van der Waals surface area contributed by atoms with E-state index in [-0.39, 0.29) is 6.61 Å². The predicted octanol–water partition coefficient (Wildman–Crippen LogP) is -2.58. The van der Waals surface area contributed by atoms with Crippen molar-refractivity contribution in [1.82, 2.24) is 0 Å². The van der Waals surface area contributed by atoms with Gasteiger partial charge in [0.05, 0.1) is 7.98 Å². The summed E-state index contributed by atoms with van der Waals surface area (Å²) < 4.78 is 11.2. The second-order valence-electron chi connectivity index (χ2n) is 2.15. The molecular weight excluding hydrogens is 140 g/mol. The molecule has 0 aromatic rings. The Morgan fingerprint density at radius 2 is 1.80 bits per heavy atom. The van der Waals surface area contributed by atoms with Crippen LogP contribution in [-0.4, -0.2) is 51.6 Å². The molecule has 0 bridgehead atoms. The minimum absolute atomic E-state index is 0.363. The Morgan fingerprint density at radius 3 is 2.30 bits per heavy atom. The normalized spacial score (nSPS) is 58.0. The van der Waals surface area contributed by atoms with Crippen molar-refractivity contribution in [1.29, 1.82) is 0 Å². The second kappa shape index (κ2) is 2.81. The SMILES string of the molecule is [2H]C1(O)OC[C@@H](O)[C@H](O)[C@H]1O. The summed E-state index contributed by atoms with van der Waals surface area (Å²) in [7, 11) is 0. The molecule has 4 N–H and O–H groups in total. The molecule has 0 aliphatic carbocycles. The summed E-state index contributed by atoms with van der Waals surface area (Å²) in [5, 5.41) is 35.5. The van der Waals surface area contributed by atoms with Crippen molar-refractivity contribution < 1.29 is 26.5 Å². The smallest absolute Gasteiger partial charge is 0.183 e. The van der Waals surface area contributed by atoms with Gasteiger partial charge in [-0.05, 0) is 0 Å². The average molecular weight is 151 g/mol. The van der Waals surface area contributed by atoms with Crippen LogP contribution in [0.15, 0.2) is 0 Å². The van der Waals surface area contributed by atoms with E-state index in [1.54, 1.807) is 0 Å². The third-order valence-corrected chi connectivity index (χ3v) is 1.37. The number of ether oxygens (including phenoxy) is 1. The lowest BCUT2D eigenvalue weighted by Crippen LogP contribution is -2.52. The Balaban J connectivity index is 2.67. The standard InChI is InChI=1S/C5H10O5/c6-2-1-10-5(9)4(8)3(2)7/h2-9H,1H2/t2-,3+,4-,5?/m1/s1/i5D. The Labute approximate surface area is 58.9 Å². The molecule has 0 radical (unpaired) electrons. The summed E-state index contributed by atoms with van der Waals surface area (Å²) >= 11 is 0. The number of hydrogen-bond acceptors (Lipinski definition) is 5. The first-order valence-electron chi connectivity index (χ1n) is 3.35. The Hall–Kier alpha value is -0.200. The van der Waals surface area contributed by atoms with Crippen molar-refractivity contribution in [2.24, 2.45) is 0 Å². The van der Waals surface area contributed by atoms with E-state index in [1.807, 2.05) is 0 Å². The molecule has 1 unspecified atom stereocenters. The summed E-state index contributed by atoms with van der Waals surface area (Å²) in [5.74, 6) is 0. The molecule has 4 atom stereocenters. The third kappa shape index (κ3) is 1.28. The van der Waals surface area contributed by atoms with Gasteiger partial charge in [0.15, 0.2) is 6.27 Å². The van der Waals surface area contributed by atoms with Crippen LogP contribution in [0.5, 0.6) is 0 Å². The Morgan fingerprint density at radius 1 is 1.20 bits per heavy atom. The highest BCUT2D eigenvalue weighted by Crippen LogP contribution is 2.12. The largest absolute Gasteiger partial charge is 0.388 e. The highest BCUT2D eigenvalue weighted by atomic mass is 16.6. The number of aliphatic hydroxyl groups is 4. The van der Waals surface area contributed by atoms with E-state index in [0.29, 0.717) is 0 Å². The van der Waals surface area contributed by atoms with Crippen LogP contribution in [0.3, 0.4) is 0 Å². The van der Waals surface area contributed by atoms with Gasteiger partial charge in [-0.1, -0.05) is 0 Å². The van der Waals surface area contributed by atoms with Gasteiger partial charge in [0.2, 0.25) is 0 Å². The second-order valence-corrected chi connectivity index (χ2v) is 2.15. The van der Waals surface area contributed by atoms with Crippen LogP contribution in [-0.2, 0) is 4.74 Å². The highest BCUT2D eigenvalue weighted by molar-refractivity contribution is 4.81. The van der Waals surface area contributed by atoms with E-state index in [0.717, 1.165) is 0 Å². The lowest BCUT2D eigenvalue weighted by atomic mass is 10.1. The molecule has 5 nitrogen and oxygen atoms in total. The Bertz CT molecular complexity index is 150. The van der Waals surface area contributed by atoms with Crippen LogP contribution < -0.4 is 0 Å². The summed E-state index contributed by atoms with van der Waals surface area (Å²) in [4.78, 5) is 0. The fourth-order valence-electron chi connectivity index (χ4n) is 0.711. The molecule has 1 rings (SSSR count). The molecule has 60 valence electrons. The molecular formula is C5H10O5. The van der Waals surface area contributed by atoms with Gasteiger partial charge in [-0.25, -0.2) is 0 Å². The monoisotopic (exact) mass is 151 g/mol. The van der Waals surface area contributed by atoms with Crippen molar-refractivity contribution in [3.63, 3.8) is 0 Å². The van der Waals surface area contributed by atoms with Crippen LogP contribution >= 0.6 is 0 Å². The van der Waals surface area contributed by atoms with Gasteiger partial charge in [0.1, 0.15) is 18.3 Å². The molecule has 0 aromatic carbocycles. The molecule has 10 heavy (non-hydrogen) atoms. The summed E-state index contributed by atoms with van der Waals surface area (Å²) in [5.41, 5.74) is 0. The van der Waals surface area contributed by atoms with Crippen LogP contribution in [0, 0.1) is 0 Å². The van der Waals surface area contributed by atoms with Gasteiger partial charge in [0.25, 0.3) is 0 Å². The molecule has 0 aromatic heterocycles. The van der Waals surface area contributed by atoms with E-state index in [9.17, 15) is 0 Å². The van der Waals surface area contributed by atoms with Crippen molar-refractivity contribution >= 4 is 0 Å². The number of aliphatic hydroxyl groups excluding tert-OH is 3. The van der Waals surface area contributed by atoms with Gasteiger partial charge < -0.3 is 25.2 Å².